The highest BCUT2D eigenvalue weighted by molar-refractivity contribution is 8.18. The van der Waals surface area contributed by atoms with Crippen molar-refractivity contribution in [2.24, 2.45) is 5.92 Å². The van der Waals surface area contributed by atoms with Crippen molar-refractivity contribution in [3.8, 4) is 0 Å². The molecule has 1 heterocycles. The van der Waals surface area contributed by atoms with Gasteiger partial charge in [-0.05, 0) is 61.2 Å². The molecular formula is C19H21NO4S. The number of hydrogen-bond acceptors (Lipinski definition) is 4. The van der Waals surface area contributed by atoms with Gasteiger partial charge < -0.3 is 5.11 Å². The maximum Gasteiger partial charge on any atom is 0.335 e. The summed E-state index contributed by atoms with van der Waals surface area (Å²) in [5.74, 6) is -0.847. The summed E-state index contributed by atoms with van der Waals surface area (Å²) >= 11 is 0.962. The van der Waals surface area contributed by atoms with Gasteiger partial charge in [0.05, 0.1) is 10.5 Å². The lowest BCUT2D eigenvalue weighted by Crippen LogP contribution is -2.42. The second kappa shape index (κ2) is 7.44. The zero-order valence-corrected chi connectivity index (χ0v) is 14.9. The Hall–Kier alpha value is -2.08. The highest BCUT2D eigenvalue weighted by Gasteiger charge is 2.40. The number of carboxylic acid groups (broad SMARTS) is 1. The Balaban J connectivity index is 1.76. The Morgan fingerprint density at radius 1 is 1.20 bits per heavy atom. The molecule has 0 aromatic heterocycles. The lowest BCUT2D eigenvalue weighted by atomic mass is 9.84. The summed E-state index contributed by atoms with van der Waals surface area (Å²) in [6.45, 7) is 1.97. The van der Waals surface area contributed by atoms with Crippen LogP contribution in [0.5, 0.6) is 0 Å². The van der Waals surface area contributed by atoms with Crippen molar-refractivity contribution in [1.82, 2.24) is 4.90 Å². The molecule has 1 atom stereocenters. The van der Waals surface area contributed by atoms with Gasteiger partial charge in [-0.25, -0.2) is 4.79 Å². The first kappa shape index (κ1) is 17.7. The number of imide groups is 1. The van der Waals surface area contributed by atoms with Crippen LogP contribution in [-0.4, -0.2) is 33.2 Å². The second-order valence-electron chi connectivity index (χ2n) is 6.62. The Morgan fingerprint density at radius 2 is 1.84 bits per heavy atom. The van der Waals surface area contributed by atoms with E-state index in [1.54, 1.807) is 18.2 Å². The van der Waals surface area contributed by atoms with Crippen LogP contribution in [0.25, 0.3) is 6.08 Å². The third kappa shape index (κ3) is 3.79. The van der Waals surface area contributed by atoms with Crippen LogP contribution in [0.3, 0.4) is 0 Å². The maximum atomic E-state index is 12.7. The molecule has 6 heteroatoms. The molecule has 1 aromatic rings. The molecule has 1 saturated carbocycles. The zero-order chi connectivity index (χ0) is 18.0. The van der Waals surface area contributed by atoms with Crippen molar-refractivity contribution >= 4 is 35.0 Å². The van der Waals surface area contributed by atoms with Gasteiger partial charge in [0.1, 0.15) is 0 Å². The van der Waals surface area contributed by atoms with Gasteiger partial charge in [0.2, 0.25) is 0 Å². The Bertz CT molecular complexity index is 719. The molecule has 25 heavy (non-hydrogen) atoms. The second-order valence-corrected chi connectivity index (χ2v) is 7.61. The molecule has 2 fully saturated rings. The van der Waals surface area contributed by atoms with E-state index in [0.717, 1.165) is 37.4 Å². The molecule has 0 spiro atoms. The number of nitrogens with zero attached hydrogens (tertiary/aromatic N) is 1. The number of aromatic carboxylic acids is 1. The van der Waals surface area contributed by atoms with E-state index >= 15 is 0 Å². The molecule has 3 rings (SSSR count). The summed E-state index contributed by atoms with van der Waals surface area (Å²) in [6, 6.07) is 6.18. The molecule has 2 aliphatic rings. The van der Waals surface area contributed by atoms with Crippen LogP contribution in [0.4, 0.5) is 4.79 Å². The van der Waals surface area contributed by atoms with E-state index in [0.29, 0.717) is 16.4 Å². The van der Waals surface area contributed by atoms with E-state index in [1.165, 1.54) is 23.5 Å². The van der Waals surface area contributed by atoms with Gasteiger partial charge in [-0.15, -0.1) is 0 Å². The number of carboxylic acids is 1. The lowest BCUT2D eigenvalue weighted by molar-refractivity contribution is -0.125. The number of hydrogen-bond donors (Lipinski definition) is 1. The van der Waals surface area contributed by atoms with E-state index < -0.39 is 5.97 Å². The summed E-state index contributed by atoms with van der Waals surface area (Å²) in [4.78, 5) is 37.8. The number of amides is 2. The summed E-state index contributed by atoms with van der Waals surface area (Å²) in [5, 5.41) is 8.72. The van der Waals surface area contributed by atoms with Crippen LogP contribution in [0.2, 0.25) is 0 Å². The molecule has 1 saturated heterocycles. The van der Waals surface area contributed by atoms with E-state index in [1.807, 2.05) is 6.92 Å². The van der Waals surface area contributed by atoms with Crippen molar-refractivity contribution in [3.63, 3.8) is 0 Å². The molecule has 0 bridgehead atoms. The van der Waals surface area contributed by atoms with Crippen LogP contribution in [0.15, 0.2) is 29.2 Å². The number of carbonyl (C=O) groups excluding carboxylic acids is 2. The smallest absolute Gasteiger partial charge is 0.335 e. The topological polar surface area (TPSA) is 74.7 Å². The summed E-state index contributed by atoms with van der Waals surface area (Å²) in [6.07, 6.45) is 7.35. The molecule has 0 radical (unpaired) electrons. The van der Waals surface area contributed by atoms with Crippen molar-refractivity contribution in [1.29, 1.82) is 0 Å². The fraction of sp³-hybridized carbons (Fsp3) is 0.421. The van der Waals surface area contributed by atoms with Crippen LogP contribution >= 0.6 is 11.8 Å². The SMILES string of the molecule is CC(C1CCCCC1)N1C(=O)SC(=Cc2ccc(C(=O)O)cc2)C1=O. The first-order valence-electron chi connectivity index (χ1n) is 8.58. The number of carbonyl (C=O) groups is 3. The monoisotopic (exact) mass is 359 g/mol. The van der Waals surface area contributed by atoms with E-state index in [2.05, 4.69) is 0 Å². The van der Waals surface area contributed by atoms with E-state index in [9.17, 15) is 14.4 Å². The normalized spacial score (nSPS) is 21.8. The summed E-state index contributed by atoms with van der Waals surface area (Å²) < 4.78 is 0. The van der Waals surface area contributed by atoms with Crippen LogP contribution in [0.1, 0.15) is 54.9 Å². The van der Waals surface area contributed by atoms with Crippen molar-refractivity contribution in [2.45, 2.75) is 45.1 Å². The van der Waals surface area contributed by atoms with Gasteiger partial charge in [-0.1, -0.05) is 31.4 Å². The molecule has 1 aliphatic heterocycles. The van der Waals surface area contributed by atoms with Crippen LogP contribution in [-0.2, 0) is 4.79 Å². The number of rotatable bonds is 4. The third-order valence-corrected chi connectivity index (χ3v) is 5.90. The number of thioether (sulfide) groups is 1. The standard InChI is InChI=1S/C19H21NO4S/c1-12(14-5-3-2-4-6-14)20-17(21)16(25-19(20)24)11-13-7-9-15(10-8-13)18(22)23/h7-12,14H,2-6H2,1H3,(H,22,23). The zero-order valence-electron chi connectivity index (χ0n) is 14.1. The predicted octanol–water partition coefficient (Wildman–Crippen LogP) is 4.39. The summed E-state index contributed by atoms with van der Waals surface area (Å²) in [5.41, 5.74) is 0.900. The predicted molar refractivity (Wildman–Crippen MR) is 97.2 cm³/mol. The molecule has 1 N–H and O–H groups in total. The van der Waals surface area contributed by atoms with Crippen molar-refractivity contribution in [3.05, 3.63) is 40.3 Å². The third-order valence-electron chi connectivity index (χ3n) is 5.02. The number of benzene rings is 1. The van der Waals surface area contributed by atoms with Gasteiger partial charge in [-0.2, -0.15) is 0 Å². The Labute approximate surface area is 151 Å². The average molecular weight is 359 g/mol. The molecule has 1 unspecified atom stereocenters. The first-order chi connectivity index (χ1) is 12.0. The Morgan fingerprint density at radius 3 is 2.44 bits per heavy atom. The molecule has 1 aliphatic carbocycles. The van der Waals surface area contributed by atoms with Crippen LogP contribution in [0, 0.1) is 5.92 Å². The summed E-state index contributed by atoms with van der Waals surface area (Å²) in [7, 11) is 0. The minimum atomic E-state index is -0.992. The first-order valence-corrected chi connectivity index (χ1v) is 9.39. The Kier molecular flexibility index (Phi) is 5.27. The fourth-order valence-corrected chi connectivity index (χ4v) is 4.45. The molecule has 2 amide bonds. The van der Waals surface area contributed by atoms with Gasteiger partial charge >= 0.3 is 5.97 Å². The highest BCUT2D eigenvalue weighted by Crippen LogP contribution is 2.37. The molecule has 5 nitrogen and oxygen atoms in total. The van der Waals surface area contributed by atoms with Crippen molar-refractivity contribution in [2.75, 3.05) is 0 Å². The maximum absolute atomic E-state index is 12.7. The molecular weight excluding hydrogens is 338 g/mol. The molecule has 1 aromatic carbocycles. The van der Waals surface area contributed by atoms with E-state index in [-0.39, 0.29) is 22.8 Å². The fourth-order valence-electron chi connectivity index (χ4n) is 3.53. The van der Waals surface area contributed by atoms with Gasteiger partial charge in [0, 0.05) is 6.04 Å². The van der Waals surface area contributed by atoms with Crippen molar-refractivity contribution < 1.29 is 19.5 Å². The lowest BCUT2D eigenvalue weighted by Gasteiger charge is -2.32. The highest BCUT2D eigenvalue weighted by atomic mass is 32.2. The van der Waals surface area contributed by atoms with Gasteiger partial charge in [-0.3, -0.25) is 14.5 Å². The largest absolute Gasteiger partial charge is 0.478 e. The average Bonchev–Trinajstić information content (AvgIpc) is 2.89. The van der Waals surface area contributed by atoms with Crippen LogP contribution < -0.4 is 0 Å². The molecule has 132 valence electrons. The minimum absolute atomic E-state index is 0.0758. The van der Waals surface area contributed by atoms with E-state index in [4.69, 9.17) is 5.11 Å². The minimum Gasteiger partial charge on any atom is -0.478 e. The van der Waals surface area contributed by atoms with Gasteiger partial charge in [0.15, 0.2) is 0 Å². The van der Waals surface area contributed by atoms with Gasteiger partial charge in [0.25, 0.3) is 11.1 Å². The quantitative estimate of drug-likeness (QED) is 0.807.